The Morgan fingerprint density at radius 3 is 2.73 bits per heavy atom. The Bertz CT molecular complexity index is 364. The molecule has 5 nitrogen and oxygen atoms in total. The molecule has 5 heteroatoms. The first-order valence-corrected chi connectivity index (χ1v) is 4.80. The van der Waals surface area contributed by atoms with Crippen molar-refractivity contribution >= 4 is 5.97 Å². The number of hydrogen-bond acceptors (Lipinski definition) is 4. The number of aromatic carboxylic acids is 1. The van der Waals surface area contributed by atoms with Crippen LogP contribution in [0.15, 0.2) is 6.20 Å². The van der Waals surface area contributed by atoms with Crippen molar-refractivity contribution in [1.29, 1.82) is 0 Å². The topological polar surface area (TPSA) is 72.3 Å². The fraction of sp³-hybridized carbons (Fsp3) is 0.500. The van der Waals surface area contributed by atoms with E-state index in [1.54, 1.807) is 0 Å². The molecule has 1 aromatic heterocycles. The second-order valence-electron chi connectivity index (χ2n) is 3.34. The first-order valence-electron chi connectivity index (χ1n) is 4.80. The largest absolute Gasteiger partial charge is 0.478 e. The lowest BCUT2D eigenvalue weighted by atomic mass is 10.2. The highest BCUT2D eigenvalue weighted by atomic mass is 16.5. The van der Waals surface area contributed by atoms with Crippen LogP contribution < -0.4 is 4.74 Å². The van der Waals surface area contributed by atoms with Gasteiger partial charge >= 0.3 is 12.0 Å². The quantitative estimate of drug-likeness (QED) is 0.815. The van der Waals surface area contributed by atoms with Crippen LogP contribution in [0.1, 0.15) is 36.8 Å². The van der Waals surface area contributed by atoms with Crippen molar-refractivity contribution in [2.75, 3.05) is 0 Å². The van der Waals surface area contributed by atoms with E-state index in [0.29, 0.717) is 12.1 Å². The van der Waals surface area contributed by atoms with Crippen LogP contribution in [-0.4, -0.2) is 27.1 Å². The standard InChI is InChI=1S/C10H14N2O3/c1-4-8-7(9(13)14)5-11-10(12-8)15-6(2)3/h5-6H,4H2,1-3H3,(H,13,14). The lowest BCUT2D eigenvalue weighted by molar-refractivity contribution is 0.0694. The summed E-state index contributed by atoms with van der Waals surface area (Å²) < 4.78 is 5.28. The van der Waals surface area contributed by atoms with E-state index in [1.165, 1.54) is 6.20 Å². The maximum absolute atomic E-state index is 10.8. The van der Waals surface area contributed by atoms with Gasteiger partial charge in [-0.05, 0) is 20.3 Å². The Kier molecular flexibility index (Phi) is 3.60. The molecule has 1 N–H and O–H groups in total. The molecule has 0 aromatic carbocycles. The first-order chi connectivity index (χ1) is 7.04. The maximum atomic E-state index is 10.8. The van der Waals surface area contributed by atoms with Gasteiger partial charge in [-0.3, -0.25) is 0 Å². The van der Waals surface area contributed by atoms with Gasteiger partial charge in [-0.25, -0.2) is 9.78 Å². The highest BCUT2D eigenvalue weighted by Crippen LogP contribution is 2.11. The molecule has 0 aliphatic carbocycles. The van der Waals surface area contributed by atoms with E-state index < -0.39 is 5.97 Å². The van der Waals surface area contributed by atoms with E-state index in [-0.39, 0.29) is 17.7 Å². The first kappa shape index (κ1) is 11.4. The summed E-state index contributed by atoms with van der Waals surface area (Å²) in [5, 5.41) is 8.85. The summed E-state index contributed by atoms with van der Waals surface area (Å²) in [4.78, 5) is 18.7. The third-order valence-corrected chi connectivity index (χ3v) is 1.75. The molecule has 1 rings (SSSR count). The van der Waals surface area contributed by atoms with E-state index in [9.17, 15) is 4.79 Å². The van der Waals surface area contributed by atoms with Crippen LogP contribution in [0.25, 0.3) is 0 Å². The number of carboxylic acids is 1. The van der Waals surface area contributed by atoms with Gasteiger partial charge in [0, 0.05) is 6.20 Å². The van der Waals surface area contributed by atoms with Crippen molar-refractivity contribution in [3.8, 4) is 6.01 Å². The van der Waals surface area contributed by atoms with Crippen LogP contribution in [0, 0.1) is 0 Å². The molecule has 1 heterocycles. The average molecular weight is 210 g/mol. The fourth-order valence-electron chi connectivity index (χ4n) is 1.11. The van der Waals surface area contributed by atoms with Gasteiger partial charge in [-0.15, -0.1) is 0 Å². The summed E-state index contributed by atoms with van der Waals surface area (Å²) in [5.74, 6) is -1.01. The molecule has 0 unspecified atom stereocenters. The van der Waals surface area contributed by atoms with Crippen molar-refractivity contribution in [3.63, 3.8) is 0 Å². The number of aryl methyl sites for hydroxylation is 1. The van der Waals surface area contributed by atoms with E-state index in [1.807, 2.05) is 20.8 Å². The Balaban J connectivity index is 3.02. The van der Waals surface area contributed by atoms with E-state index in [2.05, 4.69) is 9.97 Å². The van der Waals surface area contributed by atoms with Crippen LogP contribution in [0.5, 0.6) is 6.01 Å². The smallest absolute Gasteiger partial charge is 0.339 e. The summed E-state index contributed by atoms with van der Waals surface area (Å²) in [7, 11) is 0. The second kappa shape index (κ2) is 4.72. The lowest BCUT2D eigenvalue weighted by Gasteiger charge is -2.09. The van der Waals surface area contributed by atoms with Gasteiger partial charge in [0.15, 0.2) is 0 Å². The van der Waals surface area contributed by atoms with Crippen molar-refractivity contribution in [3.05, 3.63) is 17.5 Å². The predicted octanol–water partition coefficient (Wildman–Crippen LogP) is 1.52. The summed E-state index contributed by atoms with van der Waals surface area (Å²) in [6.07, 6.45) is 1.80. The Hall–Kier alpha value is -1.65. The molecule has 0 radical (unpaired) electrons. The lowest BCUT2D eigenvalue weighted by Crippen LogP contribution is -2.12. The number of hydrogen-bond donors (Lipinski definition) is 1. The van der Waals surface area contributed by atoms with Crippen molar-refractivity contribution in [2.45, 2.75) is 33.3 Å². The van der Waals surface area contributed by atoms with Crippen molar-refractivity contribution < 1.29 is 14.6 Å². The zero-order valence-corrected chi connectivity index (χ0v) is 9.02. The summed E-state index contributed by atoms with van der Waals surface area (Å²) in [5.41, 5.74) is 0.627. The van der Waals surface area contributed by atoms with Crippen LogP contribution >= 0.6 is 0 Å². The van der Waals surface area contributed by atoms with Crippen LogP contribution in [0.4, 0.5) is 0 Å². The van der Waals surface area contributed by atoms with E-state index in [0.717, 1.165) is 0 Å². The van der Waals surface area contributed by atoms with E-state index >= 15 is 0 Å². The Morgan fingerprint density at radius 2 is 2.27 bits per heavy atom. The predicted molar refractivity (Wildman–Crippen MR) is 54.1 cm³/mol. The summed E-state index contributed by atoms with van der Waals surface area (Å²) >= 11 is 0. The molecule has 0 fully saturated rings. The number of rotatable bonds is 4. The molecule has 0 aliphatic rings. The van der Waals surface area contributed by atoms with Gasteiger partial charge in [0.25, 0.3) is 0 Å². The van der Waals surface area contributed by atoms with Crippen LogP contribution in [0.3, 0.4) is 0 Å². The summed E-state index contributed by atoms with van der Waals surface area (Å²) in [6.45, 7) is 5.56. The molecule has 1 aromatic rings. The third kappa shape index (κ3) is 2.90. The molecule has 0 saturated heterocycles. The minimum absolute atomic E-state index is 0.0228. The molecule has 0 amide bonds. The number of carbonyl (C=O) groups is 1. The number of aromatic nitrogens is 2. The second-order valence-corrected chi connectivity index (χ2v) is 3.34. The van der Waals surface area contributed by atoms with Gasteiger partial charge in [-0.1, -0.05) is 6.92 Å². The molecule has 82 valence electrons. The Labute approximate surface area is 88.1 Å². The SMILES string of the molecule is CCc1nc(OC(C)C)ncc1C(=O)O. The van der Waals surface area contributed by atoms with Gasteiger partial charge in [0.1, 0.15) is 0 Å². The number of nitrogens with zero attached hydrogens (tertiary/aromatic N) is 2. The zero-order valence-electron chi connectivity index (χ0n) is 9.02. The highest BCUT2D eigenvalue weighted by Gasteiger charge is 2.12. The number of ether oxygens (including phenoxy) is 1. The molecule has 15 heavy (non-hydrogen) atoms. The highest BCUT2D eigenvalue weighted by molar-refractivity contribution is 5.88. The molecule has 0 aliphatic heterocycles. The van der Waals surface area contributed by atoms with Gasteiger partial charge in [0.05, 0.1) is 17.4 Å². The maximum Gasteiger partial charge on any atom is 0.339 e. The van der Waals surface area contributed by atoms with Gasteiger partial charge in [0.2, 0.25) is 0 Å². The third-order valence-electron chi connectivity index (χ3n) is 1.75. The average Bonchev–Trinajstić information content (AvgIpc) is 2.16. The molecule has 0 spiro atoms. The van der Waals surface area contributed by atoms with Crippen molar-refractivity contribution in [2.24, 2.45) is 0 Å². The monoisotopic (exact) mass is 210 g/mol. The zero-order chi connectivity index (χ0) is 11.4. The number of carboxylic acid groups (broad SMARTS) is 1. The fourth-order valence-corrected chi connectivity index (χ4v) is 1.11. The minimum Gasteiger partial charge on any atom is -0.478 e. The molecular weight excluding hydrogens is 196 g/mol. The normalized spacial score (nSPS) is 10.4. The molecular formula is C10H14N2O3. The molecule has 0 saturated carbocycles. The van der Waals surface area contributed by atoms with Crippen LogP contribution in [0.2, 0.25) is 0 Å². The Morgan fingerprint density at radius 1 is 1.60 bits per heavy atom. The molecule has 0 bridgehead atoms. The van der Waals surface area contributed by atoms with Gasteiger partial charge < -0.3 is 9.84 Å². The minimum atomic E-state index is -1.01. The van der Waals surface area contributed by atoms with Crippen molar-refractivity contribution in [1.82, 2.24) is 9.97 Å². The molecule has 0 atom stereocenters. The van der Waals surface area contributed by atoms with Crippen LogP contribution in [-0.2, 0) is 6.42 Å². The summed E-state index contributed by atoms with van der Waals surface area (Å²) in [6, 6.07) is 0.229. The van der Waals surface area contributed by atoms with Gasteiger partial charge in [-0.2, -0.15) is 4.98 Å². The van der Waals surface area contributed by atoms with E-state index in [4.69, 9.17) is 9.84 Å².